The lowest BCUT2D eigenvalue weighted by Crippen LogP contribution is -2.28. The summed E-state index contributed by atoms with van der Waals surface area (Å²) in [5.41, 5.74) is 2.62. The summed E-state index contributed by atoms with van der Waals surface area (Å²) >= 11 is 4.81. The summed E-state index contributed by atoms with van der Waals surface area (Å²) in [6.45, 7) is 1.88. The number of nitrogens with one attached hydrogen (secondary N) is 2. The van der Waals surface area contributed by atoms with E-state index in [9.17, 15) is 0 Å². The molecule has 2 N–H and O–H groups in total. The van der Waals surface area contributed by atoms with E-state index in [1.54, 1.807) is 13.3 Å². The Balaban J connectivity index is 2.45. The van der Waals surface area contributed by atoms with Gasteiger partial charge >= 0.3 is 0 Å². The number of nitrogens with zero attached hydrogens (tertiary/aromatic N) is 1. The maximum atomic E-state index is 5.25. The number of hydrazone groups is 1. The average molecular weight is 197 g/mol. The Labute approximate surface area is 82.0 Å². The van der Waals surface area contributed by atoms with Crippen LogP contribution in [0.15, 0.2) is 21.7 Å². The summed E-state index contributed by atoms with van der Waals surface area (Å²) in [7, 11) is 1.72. The summed E-state index contributed by atoms with van der Waals surface area (Å²) in [5.74, 6) is 1.56. The first kappa shape index (κ1) is 9.73. The molecule has 13 heavy (non-hydrogen) atoms. The van der Waals surface area contributed by atoms with Crippen molar-refractivity contribution < 1.29 is 4.42 Å². The summed E-state index contributed by atoms with van der Waals surface area (Å²) < 4.78 is 5.25. The first-order valence-corrected chi connectivity index (χ1v) is 4.20. The second-order valence-electron chi connectivity index (χ2n) is 2.40. The number of hydrogen-bond donors (Lipinski definition) is 2. The highest BCUT2D eigenvalue weighted by Gasteiger charge is 1.92. The van der Waals surface area contributed by atoms with Gasteiger partial charge in [0.2, 0.25) is 0 Å². The summed E-state index contributed by atoms with van der Waals surface area (Å²) in [6.07, 6.45) is 1.57. The number of aryl methyl sites for hydroxylation is 1. The van der Waals surface area contributed by atoms with Gasteiger partial charge in [0.25, 0.3) is 0 Å². The van der Waals surface area contributed by atoms with Gasteiger partial charge in [0.1, 0.15) is 11.5 Å². The fourth-order valence-corrected chi connectivity index (χ4v) is 0.786. The maximum Gasteiger partial charge on any atom is 0.186 e. The van der Waals surface area contributed by atoms with E-state index in [0.29, 0.717) is 10.9 Å². The largest absolute Gasteiger partial charge is 0.460 e. The van der Waals surface area contributed by atoms with Crippen molar-refractivity contribution in [1.29, 1.82) is 0 Å². The van der Waals surface area contributed by atoms with E-state index in [1.807, 2.05) is 19.1 Å². The minimum Gasteiger partial charge on any atom is -0.460 e. The molecule has 0 saturated carbocycles. The van der Waals surface area contributed by atoms with E-state index in [2.05, 4.69) is 15.8 Å². The van der Waals surface area contributed by atoms with Crippen LogP contribution in [0.5, 0.6) is 0 Å². The predicted molar refractivity (Wildman–Crippen MR) is 55.8 cm³/mol. The van der Waals surface area contributed by atoms with Crippen LogP contribution in [0.3, 0.4) is 0 Å². The highest BCUT2D eigenvalue weighted by atomic mass is 32.1. The lowest BCUT2D eigenvalue weighted by molar-refractivity contribution is 0.527. The molecule has 70 valence electrons. The molecule has 0 spiro atoms. The van der Waals surface area contributed by atoms with E-state index < -0.39 is 0 Å². The monoisotopic (exact) mass is 197 g/mol. The van der Waals surface area contributed by atoms with Gasteiger partial charge in [-0.2, -0.15) is 5.10 Å². The molecule has 0 aliphatic heterocycles. The highest BCUT2D eigenvalue weighted by Crippen LogP contribution is 2.02. The zero-order chi connectivity index (χ0) is 9.68. The van der Waals surface area contributed by atoms with Gasteiger partial charge in [0.15, 0.2) is 5.11 Å². The van der Waals surface area contributed by atoms with Crippen molar-refractivity contribution in [2.45, 2.75) is 6.92 Å². The SMILES string of the molecule is CNC(=S)N/N=C/c1ccc(C)o1. The Kier molecular flexibility index (Phi) is 3.45. The van der Waals surface area contributed by atoms with Crippen molar-refractivity contribution in [3.05, 3.63) is 23.7 Å². The summed E-state index contributed by atoms with van der Waals surface area (Å²) in [4.78, 5) is 0. The van der Waals surface area contributed by atoms with Crippen molar-refractivity contribution in [2.24, 2.45) is 5.10 Å². The van der Waals surface area contributed by atoms with Gasteiger partial charge in [-0.3, -0.25) is 5.43 Å². The van der Waals surface area contributed by atoms with Gasteiger partial charge in [0, 0.05) is 7.05 Å². The molecule has 1 rings (SSSR count). The lowest BCUT2D eigenvalue weighted by Gasteiger charge is -1.97. The molecule has 1 aromatic rings. The van der Waals surface area contributed by atoms with Gasteiger partial charge in [-0.05, 0) is 31.3 Å². The average Bonchev–Trinajstić information content (AvgIpc) is 2.51. The van der Waals surface area contributed by atoms with Gasteiger partial charge in [-0.1, -0.05) is 0 Å². The number of thiocarbonyl (C=S) groups is 1. The maximum absolute atomic E-state index is 5.25. The Bertz CT molecular complexity index is 319. The molecule has 4 nitrogen and oxygen atoms in total. The van der Waals surface area contributed by atoms with Crippen molar-refractivity contribution in [3.63, 3.8) is 0 Å². The van der Waals surface area contributed by atoms with Crippen LogP contribution in [0.2, 0.25) is 0 Å². The van der Waals surface area contributed by atoms with Crippen LogP contribution in [0, 0.1) is 6.92 Å². The fourth-order valence-electron chi connectivity index (χ4n) is 0.733. The predicted octanol–water partition coefficient (Wildman–Crippen LogP) is 1.02. The number of hydrogen-bond acceptors (Lipinski definition) is 3. The molecule has 0 amide bonds. The molecule has 0 fully saturated rings. The van der Waals surface area contributed by atoms with E-state index in [-0.39, 0.29) is 0 Å². The zero-order valence-corrected chi connectivity index (χ0v) is 8.31. The van der Waals surface area contributed by atoms with E-state index >= 15 is 0 Å². The van der Waals surface area contributed by atoms with Crippen molar-refractivity contribution in [1.82, 2.24) is 10.7 Å². The number of furan rings is 1. The molecule has 0 atom stereocenters. The van der Waals surface area contributed by atoms with Gasteiger partial charge in [-0.25, -0.2) is 0 Å². The second-order valence-corrected chi connectivity index (χ2v) is 2.81. The summed E-state index contributed by atoms with van der Waals surface area (Å²) in [6, 6.07) is 3.71. The molecule has 1 aromatic heterocycles. The quantitative estimate of drug-likeness (QED) is 0.422. The minimum absolute atomic E-state index is 0.472. The molecule has 0 aliphatic rings. The molecule has 0 unspecified atom stereocenters. The molecule has 5 heteroatoms. The van der Waals surface area contributed by atoms with Crippen LogP contribution in [-0.2, 0) is 0 Å². The third kappa shape index (κ3) is 3.25. The lowest BCUT2D eigenvalue weighted by atomic mass is 10.4. The molecule has 0 radical (unpaired) electrons. The van der Waals surface area contributed by atoms with Crippen LogP contribution < -0.4 is 10.7 Å². The first-order valence-electron chi connectivity index (χ1n) is 3.79. The Morgan fingerprint density at radius 3 is 2.92 bits per heavy atom. The van der Waals surface area contributed by atoms with Crippen LogP contribution in [0.25, 0.3) is 0 Å². The van der Waals surface area contributed by atoms with Crippen LogP contribution in [0.1, 0.15) is 11.5 Å². The Morgan fingerprint density at radius 2 is 2.38 bits per heavy atom. The van der Waals surface area contributed by atoms with Gasteiger partial charge in [-0.15, -0.1) is 0 Å². The second kappa shape index (κ2) is 4.61. The Morgan fingerprint density at radius 1 is 1.62 bits per heavy atom. The molecule has 1 heterocycles. The summed E-state index contributed by atoms with van der Waals surface area (Å²) in [5, 5.41) is 7.06. The van der Waals surface area contributed by atoms with Gasteiger partial charge in [0.05, 0.1) is 6.21 Å². The standard InChI is InChI=1S/C8H11N3OS/c1-6-3-4-7(12-6)5-10-11-8(13)9-2/h3-5H,1-2H3,(H2,9,11,13)/b10-5+. The smallest absolute Gasteiger partial charge is 0.186 e. The molecular weight excluding hydrogens is 186 g/mol. The van der Waals surface area contributed by atoms with E-state index in [0.717, 1.165) is 5.76 Å². The topological polar surface area (TPSA) is 49.6 Å². The van der Waals surface area contributed by atoms with Crippen molar-refractivity contribution in [2.75, 3.05) is 7.05 Å². The molecule has 0 saturated heterocycles. The van der Waals surface area contributed by atoms with Crippen LogP contribution in [0.4, 0.5) is 0 Å². The Hall–Kier alpha value is -1.36. The molecule has 0 aliphatic carbocycles. The first-order chi connectivity index (χ1) is 6.22. The normalized spacial score (nSPS) is 10.3. The van der Waals surface area contributed by atoms with Crippen LogP contribution >= 0.6 is 12.2 Å². The van der Waals surface area contributed by atoms with Gasteiger partial charge < -0.3 is 9.73 Å². The van der Waals surface area contributed by atoms with E-state index in [4.69, 9.17) is 16.6 Å². The van der Waals surface area contributed by atoms with E-state index in [1.165, 1.54) is 0 Å². The number of rotatable bonds is 2. The molecule has 0 aromatic carbocycles. The third-order valence-corrected chi connectivity index (χ3v) is 1.64. The third-order valence-electron chi connectivity index (χ3n) is 1.35. The van der Waals surface area contributed by atoms with Crippen LogP contribution in [-0.4, -0.2) is 18.4 Å². The van der Waals surface area contributed by atoms with Crippen molar-refractivity contribution >= 4 is 23.5 Å². The highest BCUT2D eigenvalue weighted by molar-refractivity contribution is 7.80. The van der Waals surface area contributed by atoms with Crippen molar-refractivity contribution in [3.8, 4) is 0 Å². The minimum atomic E-state index is 0.472. The molecule has 0 bridgehead atoms. The zero-order valence-electron chi connectivity index (χ0n) is 7.50. The molecular formula is C8H11N3OS. The fraction of sp³-hybridized carbons (Fsp3) is 0.250.